The monoisotopic (exact) mass is 232 g/mol. The number of carbonyl (C=O) groups is 1. The lowest BCUT2D eigenvalue weighted by Crippen LogP contribution is -2.12. The molecule has 0 bridgehead atoms. The molecule has 0 aliphatic heterocycles. The molecular weight excluding hydrogens is 212 g/mol. The van der Waals surface area contributed by atoms with Crippen molar-refractivity contribution >= 4 is 5.97 Å². The Morgan fingerprint density at radius 2 is 1.76 bits per heavy atom. The maximum atomic E-state index is 10.8. The first-order valence-electron chi connectivity index (χ1n) is 6.54. The summed E-state index contributed by atoms with van der Waals surface area (Å²) < 4.78 is 0. The lowest BCUT2D eigenvalue weighted by atomic mass is 9.78. The van der Waals surface area contributed by atoms with Gasteiger partial charge in [0.15, 0.2) is 0 Å². The van der Waals surface area contributed by atoms with Gasteiger partial charge in [-0.05, 0) is 55.2 Å². The maximum Gasteiger partial charge on any atom is 0.335 e. The van der Waals surface area contributed by atoms with Crippen LogP contribution in [0.4, 0.5) is 0 Å². The molecule has 0 radical (unpaired) electrons. The van der Waals surface area contributed by atoms with Crippen molar-refractivity contribution in [3.8, 4) is 0 Å². The van der Waals surface area contributed by atoms with Gasteiger partial charge in [0.1, 0.15) is 0 Å². The third-order valence-corrected chi connectivity index (χ3v) is 4.05. The third kappa shape index (κ3) is 2.87. The summed E-state index contributed by atoms with van der Waals surface area (Å²) in [6.45, 7) is 2.27. The average molecular weight is 232 g/mol. The molecule has 1 aliphatic carbocycles. The van der Waals surface area contributed by atoms with Crippen molar-refractivity contribution in [3.05, 3.63) is 35.4 Å². The van der Waals surface area contributed by atoms with Crippen LogP contribution >= 0.6 is 0 Å². The minimum atomic E-state index is -0.841. The zero-order valence-electron chi connectivity index (χ0n) is 10.4. The highest BCUT2D eigenvalue weighted by molar-refractivity contribution is 5.87. The van der Waals surface area contributed by atoms with Gasteiger partial charge in [0.25, 0.3) is 0 Å². The first-order valence-corrected chi connectivity index (χ1v) is 6.54. The summed E-state index contributed by atoms with van der Waals surface area (Å²) in [6.07, 6.45) is 6.45. The summed E-state index contributed by atoms with van der Waals surface area (Å²) in [7, 11) is 0. The van der Waals surface area contributed by atoms with Crippen molar-refractivity contribution in [1.29, 1.82) is 0 Å². The summed E-state index contributed by atoms with van der Waals surface area (Å²) in [6, 6.07) is 7.42. The quantitative estimate of drug-likeness (QED) is 0.853. The Morgan fingerprint density at radius 1 is 1.18 bits per heavy atom. The smallest absolute Gasteiger partial charge is 0.335 e. The molecule has 1 aromatic rings. The Hall–Kier alpha value is -1.31. The normalized spacial score (nSPS) is 24.5. The van der Waals surface area contributed by atoms with Gasteiger partial charge in [-0.2, -0.15) is 0 Å². The zero-order chi connectivity index (χ0) is 12.3. The summed E-state index contributed by atoms with van der Waals surface area (Å²) in [5, 5.41) is 8.85. The lowest BCUT2D eigenvalue weighted by Gasteiger charge is -2.28. The Balaban J connectivity index is 2.01. The van der Waals surface area contributed by atoms with Crippen LogP contribution in [-0.2, 0) is 0 Å². The van der Waals surface area contributed by atoms with E-state index in [1.807, 2.05) is 12.1 Å². The molecule has 1 fully saturated rings. The van der Waals surface area contributed by atoms with Crippen LogP contribution < -0.4 is 0 Å². The molecule has 0 atom stereocenters. The largest absolute Gasteiger partial charge is 0.478 e. The van der Waals surface area contributed by atoms with Crippen molar-refractivity contribution in [2.75, 3.05) is 0 Å². The van der Waals surface area contributed by atoms with E-state index < -0.39 is 5.97 Å². The number of aromatic carboxylic acids is 1. The van der Waals surface area contributed by atoms with E-state index in [4.69, 9.17) is 5.11 Å². The van der Waals surface area contributed by atoms with Crippen molar-refractivity contribution < 1.29 is 9.90 Å². The van der Waals surface area contributed by atoms with Crippen LogP contribution in [0.25, 0.3) is 0 Å². The van der Waals surface area contributed by atoms with E-state index >= 15 is 0 Å². The summed E-state index contributed by atoms with van der Waals surface area (Å²) in [5.74, 6) is 0.705. The number of hydrogen-bond acceptors (Lipinski definition) is 1. The molecule has 1 aliphatic rings. The number of carboxylic acids is 1. The summed E-state index contributed by atoms with van der Waals surface area (Å²) >= 11 is 0. The second kappa shape index (κ2) is 5.35. The topological polar surface area (TPSA) is 37.3 Å². The number of hydrogen-bond donors (Lipinski definition) is 1. The predicted octanol–water partition coefficient (Wildman–Crippen LogP) is 4.07. The maximum absolute atomic E-state index is 10.8. The minimum Gasteiger partial charge on any atom is -0.478 e. The van der Waals surface area contributed by atoms with Crippen molar-refractivity contribution in [2.24, 2.45) is 5.92 Å². The van der Waals surface area contributed by atoms with E-state index in [1.165, 1.54) is 37.7 Å². The first-order chi connectivity index (χ1) is 8.20. The molecule has 92 valence electrons. The lowest BCUT2D eigenvalue weighted by molar-refractivity contribution is 0.0697. The number of carboxylic acid groups (broad SMARTS) is 1. The van der Waals surface area contributed by atoms with Crippen molar-refractivity contribution in [3.63, 3.8) is 0 Å². The standard InChI is InChI=1S/C15H20O2/c1-2-11-3-5-12(6-4-11)13-7-9-14(10-8-13)15(16)17/h7-12H,2-6H2,1H3,(H,16,17). The number of rotatable bonds is 3. The van der Waals surface area contributed by atoms with E-state index in [2.05, 4.69) is 6.92 Å². The van der Waals surface area contributed by atoms with E-state index in [9.17, 15) is 4.79 Å². The Bertz CT molecular complexity index is 372. The van der Waals surface area contributed by atoms with Crippen LogP contribution in [-0.4, -0.2) is 11.1 Å². The van der Waals surface area contributed by atoms with Crippen LogP contribution in [0.5, 0.6) is 0 Å². The highest BCUT2D eigenvalue weighted by Crippen LogP contribution is 2.36. The fraction of sp³-hybridized carbons (Fsp3) is 0.533. The van der Waals surface area contributed by atoms with Gasteiger partial charge >= 0.3 is 5.97 Å². The number of benzene rings is 1. The zero-order valence-corrected chi connectivity index (χ0v) is 10.4. The fourth-order valence-corrected chi connectivity index (χ4v) is 2.80. The Kier molecular flexibility index (Phi) is 3.82. The van der Waals surface area contributed by atoms with Gasteiger partial charge in [-0.3, -0.25) is 0 Å². The van der Waals surface area contributed by atoms with Gasteiger partial charge in [-0.25, -0.2) is 4.79 Å². The highest BCUT2D eigenvalue weighted by atomic mass is 16.4. The average Bonchev–Trinajstić information content (AvgIpc) is 2.39. The minimum absolute atomic E-state index is 0.385. The van der Waals surface area contributed by atoms with E-state index in [0.29, 0.717) is 11.5 Å². The second-order valence-corrected chi connectivity index (χ2v) is 5.05. The molecule has 0 aromatic heterocycles. The van der Waals surface area contributed by atoms with Crippen molar-refractivity contribution in [2.45, 2.75) is 44.9 Å². The van der Waals surface area contributed by atoms with Gasteiger partial charge in [0, 0.05) is 0 Å². The molecule has 0 unspecified atom stereocenters. The fourth-order valence-electron chi connectivity index (χ4n) is 2.80. The van der Waals surface area contributed by atoms with Gasteiger partial charge in [0.05, 0.1) is 5.56 Å². The molecule has 17 heavy (non-hydrogen) atoms. The van der Waals surface area contributed by atoms with Crippen LogP contribution in [0.1, 0.15) is 60.9 Å². The molecule has 1 saturated carbocycles. The molecule has 2 heteroatoms. The molecule has 0 amide bonds. The molecular formula is C15H20O2. The van der Waals surface area contributed by atoms with Crippen LogP contribution in [0.2, 0.25) is 0 Å². The molecule has 2 nitrogen and oxygen atoms in total. The summed E-state index contributed by atoms with van der Waals surface area (Å²) in [4.78, 5) is 10.8. The predicted molar refractivity (Wildman–Crippen MR) is 68.4 cm³/mol. The van der Waals surface area contributed by atoms with Gasteiger partial charge < -0.3 is 5.11 Å². The third-order valence-electron chi connectivity index (χ3n) is 4.05. The molecule has 0 heterocycles. The first kappa shape index (κ1) is 12.2. The van der Waals surface area contributed by atoms with Gasteiger partial charge in [-0.15, -0.1) is 0 Å². The van der Waals surface area contributed by atoms with Crippen LogP contribution in [0, 0.1) is 5.92 Å². The van der Waals surface area contributed by atoms with Crippen LogP contribution in [0.15, 0.2) is 24.3 Å². The van der Waals surface area contributed by atoms with E-state index in [-0.39, 0.29) is 0 Å². The molecule has 1 N–H and O–H groups in total. The van der Waals surface area contributed by atoms with Crippen LogP contribution in [0.3, 0.4) is 0 Å². The SMILES string of the molecule is CCC1CCC(c2ccc(C(=O)O)cc2)CC1. The highest BCUT2D eigenvalue weighted by Gasteiger charge is 2.21. The van der Waals surface area contributed by atoms with E-state index in [1.54, 1.807) is 12.1 Å². The van der Waals surface area contributed by atoms with E-state index in [0.717, 1.165) is 5.92 Å². The van der Waals surface area contributed by atoms with Gasteiger partial charge in [-0.1, -0.05) is 25.5 Å². The molecule has 0 spiro atoms. The molecule has 1 aromatic carbocycles. The molecule has 0 saturated heterocycles. The Morgan fingerprint density at radius 3 is 2.24 bits per heavy atom. The molecule has 2 rings (SSSR count). The second-order valence-electron chi connectivity index (χ2n) is 5.05. The van der Waals surface area contributed by atoms with Gasteiger partial charge in [0.2, 0.25) is 0 Å². The summed E-state index contributed by atoms with van der Waals surface area (Å²) in [5.41, 5.74) is 1.69. The van der Waals surface area contributed by atoms with Crippen molar-refractivity contribution in [1.82, 2.24) is 0 Å². The Labute approximate surface area is 103 Å².